The highest BCUT2D eigenvalue weighted by Crippen LogP contribution is 2.45. The molecule has 0 bridgehead atoms. The Morgan fingerprint density at radius 1 is 1.02 bits per heavy atom. The number of methoxy groups -OCH3 is 1. The van der Waals surface area contributed by atoms with Crippen LogP contribution >= 0.6 is 0 Å². The van der Waals surface area contributed by atoms with E-state index in [1.54, 1.807) is 7.11 Å². The quantitative estimate of drug-likeness (QED) is 0.190. The molecule has 0 radical (unpaired) electrons. The molecule has 2 heterocycles. The largest absolute Gasteiger partial charge is 0.481 e. The Morgan fingerprint density at radius 3 is 2.29 bits per heavy atom. The highest BCUT2D eigenvalue weighted by atomic mass is 16.6. The topological polar surface area (TPSA) is 187 Å². The summed E-state index contributed by atoms with van der Waals surface area (Å²) >= 11 is 0. The summed E-state index contributed by atoms with van der Waals surface area (Å²) in [6.45, 7) is 6.37. The molecule has 1 saturated carbocycles. The number of rotatable bonds is 10. The molecule has 12 heteroatoms. The second-order valence-corrected chi connectivity index (χ2v) is 13.1. The van der Waals surface area contributed by atoms with E-state index in [9.17, 15) is 19.2 Å². The number of benzene rings is 1. The fourth-order valence-electron chi connectivity index (χ4n) is 7.25. The number of piperidine rings is 1. The summed E-state index contributed by atoms with van der Waals surface area (Å²) < 4.78 is 11.9. The zero-order valence-corrected chi connectivity index (χ0v) is 26.2. The van der Waals surface area contributed by atoms with E-state index in [0.29, 0.717) is 17.9 Å². The van der Waals surface area contributed by atoms with Crippen molar-refractivity contribution in [2.75, 3.05) is 20.2 Å². The predicted molar refractivity (Wildman–Crippen MR) is 164 cm³/mol. The van der Waals surface area contributed by atoms with Gasteiger partial charge in [0.25, 0.3) is 0 Å². The number of likely N-dealkylation sites (tertiary alicyclic amines) is 1. The Balaban J connectivity index is 0.000000302. The standard InChI is InChI=1S/C27H38N2O3.C6H8O7/c1-17(2)15-29-16-19(27(30)32-25-11-6-4-5-10-24(25)31-3)12-21-20-8-7-9-22-26(20)18(14-28-22)13-23(21)29;7-3(8)1-6(13,5(11)12)2-4(9)10/h7-9,14,17,19,21,23-25,28H,4-6,10-13,15-16H2,1-3H3;13H,1-2H2,(H,7,8)(H,9,10)(H,11,12)/t19?,21?,23-,24?,25?;/m1./s1. The van der Waals surface area contributed by atoms with Gasteiger partial charge in [-0.15, -0.1) is 0 Å². The molecule has 3 aliphatic rings. The van der Waals surface area contributed by atoms with Crippen LogP contribution in [0.2, 0.25) is 0 Å². The summed E-state index contributed by atoms with van der Waals surface area (Å²) in [4.78, 5) is 50.0. The summed E-state index contributed by atoms with van der Waals surface area (Å²) in [6.07, 6.45) is 7.16. The maximum atomic E-state index is 13.5. The van der Waals surface area contributed by atoms with Crippen LogP contribution < -0.4 is 0 Å². The number of fused-ring (bicyclic) bond motifs is 2. The van der Waals surface area contributed by atoms with Gasteiger partial charge in [-0.25, -0.2) is 4.79 Å². The van der Waals surface area contributed by atoms with Gasteiger partial charge in [-0.3, -0.25) is 19.3 Å². The van der Waals surface area contributed by atoms with Crippen LogP contribution in [0, 0.1) is 11.8 Å². The van der Waals surface area contributed by atoms with Gasteiger partial charge in [-0.2, -0.15) is 0 Å². The third-order valence-corrected chi connectivity index (χ3v) is 9.26. The first-order valence-corrected chi connectivity index (χ1v) is 15.8. The number of H-pyrrole nitrogens is 1. The molecule has 248 valence electrons. The van der Waals surface area contributed by atoms with Crippen molar-refractivity contribution in [1.82, 2.24) is 9.88 Å². The number of ether oxygens (including phenoxy) is 2. The average Bonchev–Trinajstić information content (AvgIpc) is 3.24. The molecular weight excluding hydrogens is 584 g/mol. The summed E-state index contributed by atoms with van der Waals surface area (Å²) in [5, 5.41) is 35.2. The molecule has 4 unspecified atom stereocenters. The van der Waals surface area contributed by atoms with Gasteiger partial charge >= 0.3 is 23.9 Å². The number of nitrogens with one attached hydrogen (secondary N) is 1. The lowest BCUT2D eigenvalue weighted by atomic mass is 9.72. The number of carboxylic acids is 3. The molecule has 1 aliphatic heterocycles. The lowest BCUT2D eigenvalue weighted by Gasteiger charge is -2.47. The number of carbonyl (C=O) groups excluding carboxylic acids is 1. The van der Waals surface area contributed by atoms with E-state index >= 15 is 0 Å². The van der Waals surface area contributed by atoms with Crippen LogP contribution in [0.4, 0.5) is 0 Å². The number of aromatic nitrogens is 1. The van der Waals surface area contributed by atoms with Crippen molar-refractivity contribution in [3.63, 3.8) is 0 Å². The highest BCUT2D eigenvalue weighted by Gasteiger charge is 2.44. The van der Waals surface area contributed by atoms with Crippen molar-refractivity contribution in [3.05, 3.63) is 35.5 Å². The maximum Gasteiger partial charge on any atom is 0.336 e. The van der Waals surface area contributed by atoms with Gasteiger partial charge in [0.15, 0.2) is 5.60 Å². The van der Waals surface area contributed by atoms with E-state index < -0.39 is 36.4 Å². The van der Waals surface area contributed by atoms with Crippen LogP contribution in [-0.2, 0) is 35.1 Å². The van der Waals surface area contributed by atoms with E-state index in [2.05, 4.69) is 48.1 Å². The average molecular weight is 631 g/mol. The monoisotopic (exact) mass is 630 g/mol. The molecule has 0 amide bonds. The molecular formula is C33H46N2O10. The molecule has 2 fully saturated rings. The first-order chi connectivity index (χ1) is 21.3. The maximum absolute atomic E-state index is 13.5. The zero-order valence-electron chi connectivity index (χ0n) is 26.2. The number of aromatic amines is 1. The first kappa shape index (κ1) is 34.4. The van der Waals surface area contributed by atoms with Crippen LogP contribution in [-0.4, -0.2) is 98.2 Å². The van der Waals surface area contributed by atoms with Gasteiger partial charge in [0, 0.05) is 49.3 Å². The summed E-state index contributed by atoms with van der Waals surface area (Å²) in [6, 6.07) is 7.06. The van der Waals surface area contributed by atoms with E-state index in [4.69, 9.17) is 29.9 Å². The minimum absolute atomic E-state index is 0.0156. The Hall–Kier alpha value is -3.48. The van der Waals surface area contributed by atoms with Crippen molar-refractivity contribution in [1.29, 1.82) is 0 Å². The van der Waals surface area contributed by atoms with Gasteiger partial charge in [0.2, 0.25) is 0 Å². The molecule has 2 aliphatic carbocycles. The van der Waals surface area contributed by atoms with E-state index in [1.807, 2.05) is 0 Å². The highest BCUT2D eigenvalue weighted by molar-refractivity contribution is 5.89. The molecule has 1 aromatic heterocycles. The van der Waals surface area contributed by atoms with E-state index in [0.717, 1.165) is 51.6 Å². The lowest BCUT2D eigenvalue weighted by Crippen LogP contribution is -2.53. The van der Waals surface area contributed by atoms with Crippen LogP contribution in [0.15, 0.2) is 24.4 Å². The Kier molecular flexibility index (Phi) is 11.3. The third kappa shape index (κ3) is 8.22. The number of hydrogen-bond donors (Lipinski definition) is 5. The van der Waals surface area contributed by atoms with E-state index in [1.165, 1.54) is 28.5 Å². The second kappa shape index (κ2) is 14.7. The number of aliphatic hydroxyl groups is 1. The van der Waals surface area contributed by atoms with Gasteiger partial charge in [-0.05, 0) is 55.2 Å². The van der Waals surface area contributed by atoms with Crippen molar-refractivity contribution >= 4 is 34.8 Å². The summed E-state index contributed by atoms with van der Waals surface area (Å²) in [5.74, 6) is -4.17. The normalized spacial score (nSPS) is 25.0. The summed E-state index contributed by atoms with van der Waals surface area (Å²) in [7, 11) is 1.75. The van der Waals surface area contributed by atoms with E-state index in [-0.39, 0.29) is 24.1 Å². The number of nitrogens with zero attached hydrogens (tertiary/aromatic N) is 1. The van der Waals surface area contributed by atoms with Crippen LogP contribution in [0.1, 0.15) is 82.3 Å². The lowest BCUT2D eigenvalue weighted by molar-refractivity contribution is -0.170. The Labute approximate surface area is 262 Å². The minimum Gasteiger partial charge on any atom is -0.481 e. The van der Waals surface area contributed by atoms with Crippen molar-refractivity contribution in [2.24, 2.45) is 11.8 Å². The van der Waals surface area contributed by atoms with Gasteiger partial charge in [-0.1, -0.05) is 38.8 Å². The fourth-order valence-corrected chi connectivity index (χ4v) is 7.25. The first-order valence-electron chi connectivity index (χ1n) is 15.8. The Morgan fingerprint density at radius 2 is 1.69 bits per heavy atom. The summed E-state index contributed by atoms with van der Waals surface area (Å²) in [5.41, 5.74) is 1.31. The molecule has 5 atom stereocenters. The molecule has 1 saturated heterocycles. The zero-order chi connectivity index (χ0) is 32.9. The molecule has 0 spiro atoms. The minimum atomic E-state index is -2.74. The van der Waals surface area contributed by atoms with Gasteiger partial charge in [0.05, 0.1) is 24.9 Å². The van der Waals surface area contributed by atoms with Crippen LogP contribution in [0.5, 0.6) is 0 Å². The molecule has 5 rings (SSSR count). The number of hydrogen-bond acceptors (Lipinski definition) is 8. The van der Waals surface area contributed by atoms with Gasteiger partial charge in [0.1, 0.15) is 6.10 Å². The predicted octanol–water partition coefficient (Wildman–Crippen LogP) is 3.80. The van der Waals surface area contributed by atoms with Gasteiger partial charge < -0.3 is 34.9 Å². The number of carbonyl (C=O) groups is 4. The molecule has 5 N–H and O–H groups in total. The SMILES string of the molecule is COC1CCCCCC1OC(=O)C1CC2c3cccc4[nH]cc(c34)C[C@H]2N(CC(C)C)C1.O=C(O)CC(O)(CC(=O)O)C(=O)O. The van der Waals surface area contributed by atoms with Crippen LogP contribution in [0.3, 0.4) is 0 Å². The van der Waals surface area contributed by atoms with Crippen LogP contribution in [0.25, 0.3) is 10.9 Å². The molecule has 45 heavy (non-hydrogen) atoms. The van der Waals surface area contributed by atoms with Crippen molar-refractivity contribution < 1.29 is 49.1 Å². The Bertz CT molecular complexity index is 1350. The second-order valence-electron chi connectivity index (χ2n) is 13.1. The number of aliphatic carboxylic acids is 3. The fraction of sp³-hybridized carbons (Fsp3) is 0.636. The molecule has 1 aromatic carbocycles. The van der Waals surface area contributed by atoms with Crippen molar-refractivity contribution in [3.8, 4) is 0 Å². The molecule has 12 nitrogen and oxygen atoms in total. The smallest absolute Gasteiger partial charge is 0.336 e. The molecule has 2 aromatic rings. The number of esters is 1. The number of carboxylic acid groups (broad SMARTS) is 3. The van der Waals surface area contributed by atoms with Crippen molar-refractivity contribution in [2.45, 2.75) is 101 Å². The third-order valence-electron chi connectivity index (χ3n) is 9.26.